The van der Waals surface area contributed by atoms with Gasteiger partial charge in [0.1, 0.15) is 0 Å². The Morgan fingerprint density at radius 3 is 2.65 bits per heavy atom. The number of aromatic nitrogens is 2. The number of carbonyl (C=O) groups excluding carboxylic acids is 1. The topological polar surface area (TPSA) is 90.0 Å². The quantitative estimate of drug-likeness (QED) is 0.902. The van der Waals surface area contributed by atoms with E-state index in [1.165, 1.54) is 10.8 Å². The van der Waals surface area contributed by atoms with Crippen LogP contribution in [-0.2, 0) is 4.79 Å². The number of rotatable bonds is 3. The lowest BCUT2D eigenvalue weighted by Gasteiger charge is -2.27. The van der Waals surface area contributed by atoms with Gasteiger partial charge in [-0.25, -0.2) is 0 Å². The number of nitrogens with one attached hydrogen (secondary N) is 1. The summed E-state index contributed by atoms with van der Waals surface area (Å²) in [6.45, 7) is 0. The molecule has 1 aliphatic rings. The number of hydrogen-bond acceptors (Lipinski definition) is 4. The molecule has 0 aliphatic heterocycles. The number of hydrogen-bond donors (Lipinski definition) is 2. The molecule has 2 unspecified atom stereocenters. The standard InChI is InChI=1S/C17H20N4O2/c18-15-4-2-1-3-14(15)17(23)20-12-5-7-13(8-6-12)21-10-9-19-11-16(21)22/h5-11,14-15H,1-4,18H2,(H,20,23). The molecule has 2 aromatic rings. The van der Waals surface area contributed by atoms with E-state index in [1.54, 1.807) is 36.7 Å². The Balaban J connectivity index is 1.71. The highest BCUT2D eigenvalue weighted by atomic mass is 16.2. The van der Waals surface area contributed by atoms with Gasteiger partial charge >= 0.3 is 0 Å². The number of nitrogens with two attached hydrogens (primary N) is 1. The van der Waals surface area contributed by atoms with Gasteiger partial charge in [-0.1, -0.05) is 12.8 Å². The summed E-state index contributed by atoms with van der Waals surface area (Å²) < 4.78 is 1.50. The third kappa shape index (κ3) is 3.48. The number of amides is 1. The minimum Gasteiger partial charge on any atom is -0.327 e. The van der Waals surface area contributed by atoms with Gasteiger partial charge in [-0.2, -0.15) is 0 Å². The number of anilines is 1. The summed E-state index contributed by atoms with van der Waals surface area (Å²) in [6.07, 6.45) is 8.33. The fourth-order valence-electron chi connectivity index (χ4n) is 2.99. The van der Waals surface area contributed by atoms with Crippen molar-refractivity contribution in [1.29, 1.82) is 0 Å². The number of benzene rings is 1. The second-order valence-electron chi connectivity index (χ2n) is 5.88. The van der Waals surface area contributed by atoms with E-state index in [2.05, 4.69) is 10.3 Å². The summed E-state index contributed by atoms with van der Waals surface area (Å²) in [7, 11) is 0. The number of nitrogens with zero attached hydrogens (tertiary/aromatic N) is 2. The van der Waals surface area contributed by atoms with Crippen molar-refractivity contribution in [3.8, 4) is 5.69 Å². The summed E-state index contributed by atoms with van der Waals surface area (Å²) in [5, 5.41) is 2.92. The summed E-state index contributed by atoms with van der Waals surface area (Å²) in [5.74, 6) is -0.141. The van der Waals surface area contributed by atoms with Gasteiger partial charge in [0.2, 0.25) is 5.91 Å². The second-order valence-corrected chi connectivity index (χ2v) is 5.88. The lowest BCUT2D eigenvalue weighted by atomic mass is 9.84. The smallest absolute Gasteiger partial charge is 0.273 e. The Morgan fingerprint density at radius 1 is 1.22 bits per heavy atom. The van der Waals surface area contributed by atoms with Crippen LogP contribution in [0.5, 0.6) is 0 Å². The zero-order valence-corrected chi connectivity index (χ0v) is 12.8. The van der Waals surface area contributed by atoms with Crippen LogP contribution in [0.1, 0.15) is 25.7 Å². The average Bonchev–Trinajstić information content (AvgIpc) is 2.56. The first-order chi connectivity index (χ1) is 11.1. The van der Waals surface area contributed by atoms with Gasteiger partial charge in [-0.05, 0) is 37.1 Å². The van der Waals surface area contributed by atoms with E-state index >= 15 is 0 Å². The maximum Gasteiger partial charge on any atom is 0.273 e. The lowest BCUT2D eigenvalue weighted by Crippen LogP contribution is -2.40. The van der Waals surface area contributed by atoms with Gasteiger partial charge < -0.3 is 11.1 Å². The van der Waals surface area contributed by atoms with E-state index in [4.69, 9.17) is 5.73 Å². The third-order valence-electron chi connectivity index (χ3n) is 4.29. The fraction of sp³-hybridized carbons (Fsp3) is 0.353. The van der Waals surface area contributed by atoms with Crippen LogP contribution in [0.3, 0.4) is 0 Å². The number of carbonyl (C=O) groups is 1. The van der Waals surface area contributed by atoms with Crippen molar-refractivity contribution < 1.29 is 4.79 Å². The first-order valence-electron chi connectivity index (χ1n) is 7.85. The molecule has 1 saturated carbocycles. The Morgan fingerprint density at radius 2 is 1.96 bits per heavy atom. The molecule has 1 amide bonds. The van der Waals surface area contributed by atoms with E-state index < -0.39 is 0 Å². The van der Waals surface area contributed by atoms with Gasteiger partial charge in [-0.3, -0.25) is 19.1 Å². The Kier molecular flexibility index (Phi) is 4.52. The van der Waals surface area contributed by atoms with Crippen molar-refractivity contribution in [2.45, 2.75) is 31.7 Å². The van der Waals surface area contributed by atoms with E-state index in [-0.39, 0.29) is 23.4 Å². The predicted octanol–water partition coefficient (Wildman–Crippen LogP) is 1.69. The van der Waals surface area contributed by atoms with Crippen LogP contribution in [0.15, 0.2) is 47.7 Å². The molecule has 1 aromatic heterocycles. The predicted molar refractivity (Wildman–Crippen MR) is 88.4 cm³/mol. The highest BCUT2D eigenvalue weighted by Gasteiger charge is 2.28. The van der Waals surface area contributed by atoms with E-state index in [1.807, 2.05) is 0 Å². The molecule has 120 valence electrons. The minimum absolute atomic E-state index is 0.0222. The molecule has 0 saturated heterocycles. The molecule has 0 bridgehead atoms. The molecular formula is C17H20N4O2. The first kappa shape index (κ1) is 15.4. The molecule has 6 nitrogen and oxygen atoms in total. The zero-order valence-electron chi connectivity index (χ0n) is 12.8. The van der Waals surface area contributed by atoms with Crippen LogP contribution >= 0.6 is 0 Å². The molecule has 1 fully saturated rings. The van der Waals surface area contributed by atoms with Crippen LogP contribution in [0.4, 0.5) is 5.69 Å². The maximum atomic E-state index is 12.3. The summed E-state index contributed by atoms with van der Waals surface area (Å²) in [6, 6.07) is 7.09. The van der Waals surface area contributed by atoms with Crippen molar-refractivity contribution in [3.63, 3.8) is 0 Å². The van der Waals surface area contributed by atoms with Gasteiger partial charge in [0.25, 0.3) is 5.56 Å². The Bertz CT molecular complexity index is 739. The fourth-order valence-corrected chi connectivity index (χ4v) is 2.99. The van der Waals surface area contributed by atoms with Crippen LogP contribution < -0.4 is 16.6 Å². The highest BCUT2D eigenvalue weighted by Crippen LogP contribution is 2.24. The van der Waals surface area contributed by atoms with Gasteiger partial charge in [0, 0.05) is 29.8 Å². The maximum absolute atomic E-state index is 12.3. The van der Waals surface area contributed by atoms with E-state index in [9.17, 15) is 9.59 Å². The Hall–Kier alpha value is -2.47. The van der Waals surface area contributed by atoms with E-state index in [0.717, 1.165) is 31.4 Å². The van der Waals surface area contributed by atoms with Crippen LogP contribution in [0.25, 0.3) is 5.69 Å². The van der Waals surface area contributed by atoms with Crippen molar-refractivity contribution in [2.24, 2.45) is 11.7 Å². The molecule has 0 spiro atoms. The van der Waals surface area contributed by atoms with Gasteiger partial charge in [0.15, 0.2) is 0 Å². The lowest BCUT2D eigenvalue weighted by molar-refractivity contribution is -0.121. The van der Waals surface area contributed by atoms with Gasteiger partial charge in [-0.15, -0.1) is 0 Å². The average molecular weight is 312 g/mol. The molecule has 1 aliphatic carbocycles. The largest absolute Gasteiger partial charge is 0.327 e. The van der Waals surface area contributed by atoms with Gasteiger partial charge in [0.05, 0.1) is 12.1 Å². The summed E-state index contributed by atoms with van der Waals surface area (Å²) in [5.41, 5.74) is 7.28. The molecule has 23 heavy (non-hydrogen) atoms. The first-order valence-corrected chi connectivity index (χ1v) is 7.85. The normalized spacial score (nSPS) is 20.9. The van der Waals surface area contributed by atoms with E-state index in [0.29, 0.717) is 5.69 Å². The van der Waals surface area contributed by atoms with Crippen LogP contribution in [-0.4, -0.2) is 21.5 Å². The monoisotopic (exact) mass is 312 g/mol. The van der Waals surface area contributed by atoms with Crippen LogP contribution in [0, 0.1) is 5.92 Å². The highest BCUT2D eigenvalue weighted by molar-refractivity contribution is 5.93. The summed E-state index contributed by atoms with van der Waals surface area (Å²) >= 11 is 0. The van der Waals surface area contributed by atoms with Crippen molar-refractivity contribution in [1.82, 2.24) is 9.55 Å². The summed E-state index contributed by atoms with van der Waals surface area (Å²) in [4.78, 5) is 27.9. The minimum atomic E-state index is -0.197. The molecule has 3 N–H and O–H groups in total. The van der Waals surface area contributed by atoms with Crippen molar-refractivity contribution in [3.05, 3.63) is 53.2 Å². The molecule has 1 heterocycles. The molecule has 0 radical (unpaired) electrons. The zero-order chi connectivity index (χ0) is 16.2. The van der Waals surface area contributed by atoms with Crippen molar-refractivity contribution in [2.75, 3.05) is 5.32 Å². The third-order valence-corrected chi connectivity index (χ3v) is 4.29. The van der Waals surface area contributed by atoms with Crippen LogP contribution in [0.2, 0.25) is 0 Å². The molecule has 6 heteroatoms. The Labute approximate surface area is 134 Å². The van der Waals surface area contributed by atoms with Crippen molar-refractivity contribution >= 4 is 11.6 Å². The molecular weight excluding hydrogens is 292 g/mol. The molecule has 1 aromatic carbocycles. The SMILES string of the molecule is NC1CCCCC1C(=O)Nc1ccc(-n2ccncc2=O)cc1. The molecule has 3 rings (SSSR count). The second kappa shape index (κ2) is 6.75. The molecule has 2 atom stereocenters.